The lowest BCUT2D eigenvalue weighted by Gasteiger charge is -2.09. The Morgan fingerprint density at radius 3 is 2.50 bits per heavy atom. The largest absolute Gasteiger partial charge is 0.416 e. The quantitative estimate of drug-likeness (QED) is 0.549. The van der Waals surface area contributed by atoms with Gasteiger partial charge < -0.3 is 0 Å². The molecule has 0 saturated carbocycles. The molecule has 0 bridgehead atoms. The third kappa shape index (κ3) is 2.61. The summed E-state index contributed by atoms with van der Waals surface area (Å²) in [6, 6.07) is 5.52. The van der Waals surface area contributed by atoms with E-state index in [0.29, 0.717) is 0 Å². The average Bonchev–Trinajstić information content (AvgIpc) is 2.31. The number of benzene rings is 1. The number of nitrogens with zero attached hydrogens (tertiary/aromatic N) is 1. The summed E-state index contributed by atoms with van der Waals surface area (Å²) in [7, 11) is 0. The Hall–Kier alpha value is -1.62. The van der Waals surface area contributed by atoms with Crippen LogP contribution >= 0.6 is 11.6 Å². The van der Waals surface area contributed by atoms with Crippen molar-refractivity contribution in [3.63, 3.8) is 0 Å². The van der Waals surface area contributed by atoms with Gasteiger partial charge in [0.15, 0.2) is 0 Å². The minimum Gasteiger partial charge on any atom is -0.227 e. The molecule has 2 aromatic rings. The normalized spacial score (nSPS) is 11.6. The van der Waals surface area contributed by atoms with Crippen LogP contribution in [0.25, 0.3) is 11.1 Å². The van der Waals surface area contributed by atoms with Gasteiger partial charge >= 0.3 is 6.18 Å². The zero-order valence-corrected chi connectivity index (χ0v) is 9.56. The van der Waals surface area contributed by atoms with Gasteiger partial charge in [0.05, 0.1) is 10.6 Å². The zero-order valence-electron chi connectivity index (χ0n) is 8.80. The van der Waals surface area contributed by atoms with Gasteiger partial charge in [0.2, 0.25) is 5.95 Å². The molecular formula is C12H6ClF4N. The summed E-state index contributed by atoms with van der Waals surface area (Å²) >= 11 is 5.79. The molecule has 0 aliphatic carbocycles. The Labute approximate surface area is 105 Å². The summed E-state index contributed by atoms with van der Waals surface area (Å²) < 4.78 is 50.6. The monoisotopic (exact) mass is 275 g/mol. The maximum absolute atomic E-state index is 13.0. The highest BCUT2D eigenvalue weighted by atomic mass is 35.5. The summed E-state index contributed by atoms with van der Waals surface area (Å²) in [5.41, 5.74) is -0.445. The van der Waals surface area contributed by atoms with Crippen LogP contribution in [-0.2, 0) is 6.18 Å². The van der Waals surface area contributed by atoms with Crippen molar-refractivity contribution in [2.24, 2.45) is 0 Å². The Bertz CT molecular complexity index is 581. The van der Waals surface area contributed by atoms with Crippen molar-refractivity contribution in [1.29, 1.82) is 0 Å². The summed E-state index contributed by atoms with van der Waals surface area (Å²) in [6.07, 6.45) is -3.39. The standard InChI is InChI=1S/C12H6ClF4N/c13-10-6-18-11(14)5-9(10)7-2-1-3-8(4-7)12(15,16)17/h1-6H. The van der Waals surface area contributed by atoms with Crippen molar-refractivity contribution in [3.8, 4) is 11.1 Å². The van der Waals surface area contributed by atoms with E-state index in [1.165, 1.54) is 12.1 Å². The van der Waals surface area contributed by atoms with Gasteiger partial charge in [-0.25, -0.2) is 4.98 Å². The number of aromatic nitrogens is 1. The molecule has 6 heteroatoms. The van der Waals surface area contributed by atoms with E-state index in [9.17, 15) is 17.6 Å². The molecule has 0 aliphatic heterocycles. The van der Waals surface area contributed by atoms with E-state index < -0.39 is 17.7 Å². The molecule has 0 radical (unpaired) electrons. The first-order chi connectivity index (χ1) is 8.38. The molecule has 0 N–H and O–H groups in total. The first kappa shape index (κ1) is 12.8. The second kappa shape index (κ2) is 4.57. The van der Waals surface area contributed by atoms with Gasteiger partial charge in [-0.3, -0.25) is 0 Å². The highest BCUT2D eigenvalue weighted by Crippen LogP contribution is 2.34. The van der Waals surface area contributed by atoms with Crippen molar-refractivity contribution in [1.82, 2.24) is 4.98 Å². The molecule has 1 nitrogen and oxygen atoms in total. The van der Waals surface area contributed by atoms with Crippen LogP contribution in [0, 0.1) is 5.95 Å². The van der Waals surface area contributed by atoms with Gasteiger partial charge in [0.25, 0.3) is 0 Å². The molecule has 94 valence electrons. The molecule has 0 fully saturated rings. The van der Waals surface area contributed by atoms with Crippen molar-refractivity contribution in [2.45, 2.75) is 6.18 Å². The average molecular weight is 276 g/mol. The van der Waals surface area contributed by atoms with E-state index in [1.807, 2.05) is 0 Å². The Kier molecular flexibility index (Phi) is 3.26. The van der Waals surface area contributed by atoms with Crippen molar-refractivity contribution in [2.75, 3.05) is 0 Å². The molecule has 1 aromatic heterocycles. The van der Waals surface area contributed by atoms with Crippen molar-refractivity contribution < 1.29 is 17.6 Å². The Balaban J connectivity index is 2.55. The number of alkyl halides is 3. The minimum atomic E-state index is -4.45. The van der Waals surface area contributed by atoms with E-state index in [4.69, 9.17) is 11.6 Å². The maximum Gasteiger partial charge on any atom is 0.416 e. The minimum absolute atomic E-state index is 0.0933. The predicted octanol–water partition coefficient (Wildman–Crippen LogP) is 4.56. The van der Waals surface area contributed by atoms with Gasteiger partial charge in [-0.15, -0.1) is 0 Å². The third-order valence-corrected chi connectivity index (χ3v) is 2.62. The molecule has 0 amide bonds. The van der Waals surface area contributed by atoms with Crippen LogP contribution < -0.4 is 0 Å². The first-order valence-electron chi connectivity index (χ1n) is 4.86. The van der Waals surface area contributed by atoms with E-state index in [-0.39, 0.29) is 16.1 Å². The molecule has 0 saturated heterocycles. The third-order valence-electron chi connectivity index (χ3n) is 2.32. The molecule has 1 aromatic carbocycles. The van der Waals surface area contributed by atoms with Crippen molar-refractivity contribution >= 4 is 11.6 Å². The lowest BCUT2D eigenvalue weighted by atomic mass is 10.0. The van der Waals surface area contributed by atoms with Gasteiger partial charge in [-0.05, 0) is 17.7 Å². The molecule has 0 unspecified atom stereocenters. The Morgan fingerprint density at radius 2 is 1.83 bits per heavy atom. The number of rotatable bonds is 1. The van der Waals surface area contributed by atoms with E-state index in [0.717, 1.165) is 24.4 Å². The molecule has 2 rings (SSSR count). The van der Waals surface area contributed by atoms with Crippen LogP contribution in [0.1, 0.15) is 5.56 Å². The van der Waals surface area contributed by atoms with Crippen LogP contribution in [0.3, 0.4) is 0 Å². The second-order valence-electron chi connectivity index (χ2n) is 3.57. The first-order valence-corrected chi connectivity index (χ1v) is 5.24. The van der Waals surface area contributed by atoms with E-state index in [1.54, 1.807) is 0 Å². The second-order valence-corrected chi connectivity index (χ2v) is 3.97. The Morgan fingerprint density at radius 1 is 1.11 bits per heavy atom. The van der Waals surface area contributed by atoms with Crippen LogP contribution in [0.4, 0.5) is 17.6 Å². The lowest BCUT2D eigenvalue weighted by Crippen LogP contribution is -2.04. The predicted molar refractivity (Wildman–Crippen MR) is 59.6 cm³/mol. The fraction of sp³-hybridized carbons (Fsp3) is 0.0833. The molecule has 1 heterocycles. The summed E-state index contributed by atoms with van der Waals surface area (Å²) in [4.78, 5) is 3.32. The van der Waals surface area contributed by atoms with Crippen molar-refractivity contribution in [3.05, 3.63) is 53.1 Å². The number of hydrogen-bond donors (Lipinski definition) is 0. The maximum atomic E-state index is 13.0. The van der Waals surface area contributed by atoms with Gasteiger partial charge in [-0.1, -0.05) is 23.7 Å². The molecule has 0 spiro atoms. The topological polar surface area (TPSA) is 12.9 Å². The molecular weight excluding hydrogens is 270 g/mol. The zero-order chi connectivity index (χ0) is 13.3. The fourth-order valence-electron chi connectivity index (χ4n) is 1.50. The number of halogens is 5. The van der Waals surface area contributed by atoms with E-state index in [2.05, 4.69) is 4.98 Å². The van der Waals surface area contributed by atoms with Crippen LogP contribution in [0.2, 0.25) is 5.02 Å². The highest BCUT2D eigenvalue weighted by Gasteiger charge is 2.30. The van der Waals surface area contributed by atoms with Gasteiger partial charge in [0, 0.05) is 17.8 Å². The smallest absolute Gasteiger partial charge is 0.227 e. The van der Waals surface area contributed by atoms with Gasteiger partial charge in [0.1, 0.15) is 0 Å². The van der Waals surface area contributed by atoms with Crippen LogP contribution in [0.15, 0.2) is 36.5 Å². The molecule has 0 atom stereocenters. The summed E-state index contributed by atoms with van der Waals surface area (Å²) in [5, 5.41) is 0.0933. The summed E-state index contributed by atoms with van der Waals surface area (Å²) in [5.74, 6) is -0.799. The fourth-order valence-corrected chi connectivity index (χ4v) is 1.71. The highest BCUT2D eigenvalue weighted by molar-refractivity contribution is 6.33. The van der Waals surface area contributed by atoms with Crippen LogP contribution in [0.5, 0.6) is 0 Å². The number of hydrogen-bond acceptors (Lipinski definition) is 1. The SMILES string of the molecule is Fc1cc(-c2cccc(C(F)(F)F)c2)c(Cl)cn1. The summed E-state index contributed by atoms with van der Waals surface area (Å²) in [6.45, 7) is 0. The lowest BCUT2D eigenvalue weighted by molar-refractivity contribution is -0.137. The van der Waals surface area contributed by atoms with Gasteiger partial charge in [-0.2, -0.15) is 17.6 Å². The van der Waals surface area contributed by atoms with E-state index >= 15 is 0 Å². The molecule has 0 aliphatic rings. The molecule has 18 heavy (non-hydrogen) atoms. The van der Waals surface area contributed by atoms with Crippen LogP contribution in [-0.4, -0.2) is 4.98 Å². The number of pyridine rings is 1.